The number of nitrogens with zero attached hydrogens (tertiary/aromatic N) is 3. The zero-order valence-electron chi connectivity index (χ0n) is 11.1. The number of rotatable bonds is 5. The Hall–Kier alpha value is -0.980. The van der Waals surface area contributed by atoms with Gasteiger partial charge in [0.05, 0.1) is 6.04 Å². The van der Waals surface area contributed by atoms with Gasteiger partial charge in [0, 0.05) is 13.7 Å². The predicted molar refractivity (Wildman–Crippen MR) is 66.9 cm³/mol. The normalized spacial score (nSPS) is 20.8. The molecule has 0 saturated carbocycles. The fraction of sp³-hybridized carbons (Fsp3) is 0.833. The van der Waals surface area contributed by atoms with Crippen molar-refractivity contribution in [1.29, 1.82) is 0 Å². The van der Waals surface area contributed by atoms with Crippen molar-refractivity contribution in [3.63, 3.8) is 0 Å². The topological polar surface area (TPSA) is 77.4 Å². The number of ether oxygens (including phenoxy) is 1. The van der Waals surface area contributed by atoms with Crippen LogP contribution in [0.3, 0.4) is 0 Å². The lowest BCUT2D eigenvalue weighted by molar-refractivity contribution is 0.0886. The maximum absolute atomic E-state index is 6.11. The number of piperidine rings is 1. The monoisotopic (exact) mass is 254 g/mol. The summed E-state index contributed by atoms with van der Waals surface area (Å²) in [4.78, 5) is 6.66. The molecule has 1 aliphatic heterocycles. The minimum absolute atomic E-state index is 0.187. The number of hydrogen-bond acceptors (Lipinski definition) is 6. The summed E-state index contributed by atoms with van der Waals surface area (Å²) < 4.78 is 10.3. The minimum atomic E-state index is -0.190. The van der Waals surface area contributed by atoms with Gasteiger partial charge in [0.25, 0.3) is 5.89 Å². The summed E-state index contributed by atoms with van der Waals surface area (Å²) in [5.74, 6) is 1.06. The second-order valence-corrected chi connectivity index (χ2v) is 4.84. The van der Waals surface area contributed by atoms with Crippen LogP contribution in [-0.4, -0.2) is 41.8 Å². The van der Waals surface area contributed by atoms with Gasteiger partial charge in [0.15, 0.2) is 5.82 Å². The third kappa shape index (κ3) is 3.28. The van der Waals surface area contributed by atoms with Gasteiger partial charge in [0.1, 0.15) is 6.10 Å². The van der Waals surface area contributed by atoms with E-state index in [2.05, 4.69) is 15.0 Å². The van der Waals surface area contributed by atoms with Crippen LogP contribution in [0.5, 0.6) is 0 Å². The van der Waals surface area contributed by atoms with E-state index in [0.29, 0.717) is 11.7 Å². The Kier molecular flexibility index (Phi) is 4.68. The van der Waals surface area contributed by atoms with Crippen LogP contribution >= 0.6 is 0 Å². The van der Waals surface area contributed by atoms with Crippen LogP contribution in [0.1, 0.15) is 50.0 Å². The van der Waals surface area contributed by atoms with Crippen LogP contribution in [0.4, 0.5) is 0 Å². The molecular weight excluding hydrogens is 232 g/mol. The molecule has 0 bridgehead atoms. The molecule has 0 spiro atoms. The molecule has 1 saturated heterocycles. The lowest BCUT2D eigenvalue weighted by Gasteiger charge is -2.27. The molecule has 0 aliphatic carbocycles. The van der Waals surface area contributed by atoms with E-state index in [1.807, 2.05) is 6.92 Å². The maximum Gasteiger partial charge on any atom is 0.255 e. The number of methoxy groups -OCH3 is 1. The van der Waals surface area contributed by atoms with E-state index < -0.39 is 0 Å². The molecule has 18 heavy (non-hydrogen) atoms. The zero-order chi connectivity index (χ0) is 13.0. The van der Waals surface area contributed by atoms with Crippen molar-refractivity contribution in [2.45, 2.75) is 38.3 Å². The van der Waals surface area contributed by atoms with Crippen molar-refractivity contribution in [2.24, 2.45) is 5.73 Å². The highest BCUT2D eigenvalue weighted by atomic mass is 16.5. The molecule has 2 rings (SSSR count). The Labute approximate surface area is 107 Å². The maximum atomic E-state index is 6.11. The van der Waals surface area contributed by atoms with Gasteiger partial charge in [0.2, 0.25) is 0 Å². The summed E-state index contributed by atoms with van der Waals surface area (Å²) in [6.45, 7) is 4.90. The molecule has 2 atom stereocenters. The summed E-state index contributed by atoms with van der Waals surface area (Å²) in [7, 11) is 1.61. The van der Waals surface area contributed by atoms with Crippen molar-refractivity contribution in [3.05, 3.63) is 11.7 Å². The van der Waals surface area contributed by atoms with Gasteiger partial charge in [-0.25, -0.2) is 0 Å². The molecule has 0 aromatic carbocycles. The first-order chi connectivity index (χ1) is 8.70. The molecule has 2 heterocycles. The van der Waals surface area contributed by atoms with E-state index in [4.69, 9.17) is 15.0 Å². The van der Waals surface area contributed by atoms with Gasteiger partial charge in [-0.15, -0.1) is 0 Å². The molecule has 6 nitrogen and oxygen atoms in total. The summed E-state index contributed by atoms with van der Waals surface area (Å²) in [5.41, 5.74) is 6.11. The smallest absolute Gasteiger partial charge is 0.255 e. The van der Waals surface area contributed by atoms with Crippen LogP contribution in [0.25, 0.3) is 0 Å². The van der Waals surface area contributed by atoms with Crippen LogP contribution in [0.2, 0.25) is 0 Å². The molecule has 1 fully saturated rings. The van der Waals surface area contributed by atoms with Gasteiger partial charge in [-0.05, 0) is 32.9 Å². The average Bonchev–Trinajstić information content (AvgIpc) is 2.88. The van der Waals surface area contributed by atoms with E-state index in [1.54, 1.807) is 7.11 Å². The second-order valence-electron chi connectivity index (χ2n) is 4.84. The third-order valence-electron chi connectivity index (χ3n) is 3.39. The van der Waals surface area contributed by atoms with Gasteiger partial charge in [-0.1, -0.05) is 11.6 Å². The zero-order valence-corrected chi connectivity index (χ0v) is 11.1. The summed E-state index contributed by atoms with van der Waals surface area (Å²) in [6, 6.07) is -0.190. The summed E-state index contributed by atoms with van der Waals surface area (Å²) >= 11 is 0. The van der Waals surface area contributed by atoms with Crippen LogP contribution in [0.15, 0.2) is 4.52 Å². The largest absolute Gasteiger partial charge is 0.372 e. The van der Waals surface area contributed by atoms with Gasteiger partial charge in [-0.3, -0.25) is 0 Å². The molecule has 6 heteroatoms. The fourth-order valence-electron chi connectivity index (χ4n) is 2.17. The molecule has 0 radical (unpaired) electrons. The summed E-state index contributed by atoms with van der Waals surface area (Å²) in [5, 5.41) is 3.93. The lowest BCUT2D eigenvalue weighted by Crippen LogP contribution is -2.36. The quantitative estimate of drug-likeness (QED) is 0.852. The van der Waals surface area contributed by atoms with Crippen molar-refractivity contribution in [2.75, 3.05) is 26.7 Å². The van der Waals surface area contributed by atoms with Gasteiger partial charge >= 0.3 is 0 Å². The number of likely N-dealkylation sites (tertiary alicyclic amines) is 1. The number of aromatic nitrogens is 2. The number of nitrogens with two attached hydrogens (primary N) is 1. The lowest BCUT2D eigenvalue weighted by atomic mass is 10.1. The molecule has 1 aliphatic rings. The molecule has 2 N–H and O–H groups in total. The fourth-order valence-corrected chi connectivity index (χ4v) is 2.17. The Balaban J connectivity index is 1.91. The molecule has 2 unspecified atom stereocenters. The molecule has 1 aromatic heterocycles. The predicted octanol–water partition coefficient (Wildman–Crippen LogP) is 1.26. The van der Waals surface area contributed by atoms with Crippen molar-refractivity contribution < 1.29 is 9.26 Å². The summed E-state index contributed by atoms with van der Waals surface area (Å²) in [6.07, 6.45) is 3.65. The van der Waals surface area contributed by atoms with E-state index in [9.17, 15) is 0 Å². The first-order valence-electron chi connectivity index (χ1n) is 6.55. The third-order valence-corrected chi connectivity index (χ3v) is 3.39. The number of hydrogen-bond donors (Lipinski definition) is 1. The standard InChI is InChI=1S/C12H22N4O2/c1-9(17-2)12-14-11(15-18-12)10(13)8-16-6-4-3-5-7-16/h9-10H,3-8,13H2,1-2H3. The van der Waals surface area contributed by atoms with E-state index in [-0.39, 0.29) is 12.1 Å². The van der Waals surface area contributed by atoms with Crippen LogP contribution in [0, 0.1) is 0 Å². The van der Waals surface area contributed by atoms with E-state index >= 15 is 0 Å². The Morgan fingerprint density at radius 1 is 1.39 bits per heavy atom. The van der Waals surface area contributed by atoms with E-state index in [1.165, 1.54) is 19.3 Å². The average molecular weight is 254 g/mol. The highest BCUT2D eigenvalue weighted by Crippen LogP contribution is 2.17. The highest BCUT2D eigenvalue weighted by Gasteiger charge is 2.21. The van der Waals surface area contributed by atoms with Crippen LogP contribution < -0.4 is 5.73 Å². The highest BCUT2D eigenvalue weighted by molar-refractivity contribution is 4.96. The molecule has 102 valence electrons. The van der Waals surface area contributed by atoms with Gasteiger partial charge in [-0.2, -0.15) is 4.98 Å². The van der Waals surface area contributed by atoms with Crippen molar-refractivity contribution in [3.8, 4) is 0 Å². The first-order valence-corrected chi connectivity index (χ1v) is 6.55. The Bertz CT molecular complexity index is 363. The second kappa shape index (κ2) is 6.26. The minimum Gasteiger partial charge on any atom is -0.372 e. The van der Waals surface area contributed by atoms with Crippen molar-refractivity contribution in [1.82, 2.24) is 15.0 Å². The first kappa shape index (κ1) is 13.5. The Morgan fingerprint density at radius 3 is 2.78 bits per heavy atom. The van der Waals surface area contributed by atoms with E-state index in [0.717, 1.165) is 19.6 Å². The van der Waals surface area contributed by atoms with Crippen molar-refractivity contribution >= 4 is 0 Å². The molecule has 0 amide bonds. The SMILES string of the molecule is COC(C)c1nc(C(N)CN2CCCCC2)no1. The Morgan fingerprint density at radius 2 is 2.11 bits per heavy atom. The molecular formula is C12H22N4O2. The molecule has 1 aromatic rings. The van der Waals surface area contributed by atoms with Crippen LogP contribution in [-0.2, 0) is 4.74 Å². The van der Waals surface area contributed by atoms with Gasteiger partial charge < -0.3 is 19.9 Å².